The molecule has 3 aromatic rings. The molecule has 8 nitrogen and oxygen atoms in total. The number of esters is 1. The summed E-state index contributed by atoms with van der Waals surface area (Å²) in [5.41, 5.74) is 4.60. The Morgan fingerprint density at radius 3 is 2.94 bits per heavy atom. The number of methoxy groups -OCH3 is 1. The summed E-state index contributed by atoms with van der Waals surface area (Å²) in [4.78, 5) is 31.8. The summed E-state index contributed by atoms with van der Waals surface area (Å²) in [5, 5.41) is 7.75. The molecule has 166 valence electrons. The van der Waals surface area contributed by atoms with Gasteiger partial charge in [0.05, 0.1) is 24.3 Å². The Morgan fingerprint density at radius 2 is 2.06 bits per heavy atom. The number of benzene rings is 1. The van der Waals surface area contributed by atoms with Crippen LogP contribution in [0.4, 0.5) is 11.5 Å². The number of rotatable bonds is 4. The third kappa shape index (κ3) is 3.81. The summed E-state index contributed by atoms with van der Waals surface area (Å²) in [6.45, 7) is 1.48. The first-order chi connectivity index (χ1) is 15.6. The van der Waals surface area contributed by atoms with Crippen molar-refractivity contribution in [2.75, 3.05) is 30.4 Å². The van der Waals surface area contributed by atoms with Gasteiger partial charge in [0.1, 0.15) is 5.52 Å². The van der Waals surface area contributed by atoms with E-state index in [2.05, 4.69) is 10.2 Å². The van der Waals surface area contributed by atoms with Crippen LogP contribution >= 0.6 is 0 Å². The van der Waals surface area contributed by atoms with E-state index in [-0.39, 0.29) is 11.8 Å². The van der Waals surface area contributed by atoms with E-state index in [9.17, 15) is 9.59 Å². The lowest BCUT2D eigenvalue weighted by atomic mass is 9.95. The third-order valence-electron chi connectivity index (χ3n) is 6.44. The number of aromatic nitrogens is 3. The van der Waals surface area contributed by atoms with Crippen LogP contribution in [0.25, 0.3) is 5.52 Å². The Bertz CT molecular complexity index is 1170. The molecule has 1 aliphatic carbocycles. The molecule has 1 aliphatic heterocycles. The molecular weight excluding hydrogens is 406 g/mol. The molecule has 1 saturated heterocycles. The quantitative estimate of drug-likeness (QED) is 0.636. The molecular formula is C24H27N5O3. The van der Waals surface area contributed by atoms with Crippen molar-refractivity contribution in [3.05, 3.63) is 53.5 Å². The van der Waals surface area contributed by atoms with E-state index in [0.29, 0.717) is 17.8 Å². The first kappa shape index (κ1) is 20.5. The molecule has 32 heavy (non-hydrogen) atoms. The molecule has 3 heterocycles. The molecule has 2 aliphatic rings. The van der Waals surface area contributed by atoms with E-state index in [1.165, 1.54) is 31.2 Å². The van der Waals surface area contributed by atoms with E-state index >= 15 is 0 Å². The fourth-order valence-corrected chi connectivity index (χ4v) is 4.85. The Balaban J connectivity index is 1.36. The van der Waals surface area contributed by atoms with Crippen molar-refractivity contribution in [2.24, 2.45) is 5.92 Å². The van der Waals surface area contributed by atoms with Gasteiger partial charge >= 0.3 is 5.97 Å². The molecule has 1 amide bonds. The van der Waals surface area contributed by atoms with Crippen molar-refractivity contribution in [1.82, 2.24) is 14.6 Å². The largest absolute Gasteiger partial charge is 0.465 e. The van der Waals surface area contributed by atoms with Crippen LogP contribution in [0, 0.1) is 5.92 Å². The molecule has 5 rings (SSSR count). The molecule has 0 saturated carbocycles. The summed E-state index contributed by atoms with van der Waals surface area (Å²) in [6, 6.07) is 6.84. The highest BCUT2D eigenvalue weighted by molar-refractivity contribution is 5.96. The van der Waals surface area contributed by atoms with E-state index < -0.39 is 5.97 Å². The highest BCUT2D eigenvalue weighted by Crippen LogP contribution is 2.32. The fourth-order valence-electron chi connectivity index (χ4n) is 4.85. The average molecular weight is 434 g/mol. The smallest absolute Gasteiger partial charge is 0.337 e. The molecule has 1 atom stereocenters. The minimum atomic E-state index is -0.423. The summed E-state index contributed by atoms with van der Waals surface area (Å²) in [5.74, 6) is 0.298. The zero-order chi connectivity index (χ0) is 22.1. The Hall–Kier alpha value is -3.42. The molecule has 1 N–H and O–H groups in total. The van der Waals surface area contributed by atoms with Crippen molar-refractivity contribution in [1.29, 1.82) is 0 Å². The number of ether oxygens (including phenoxy) is 1. The number of aryl methyl sites for hydroxylation is 2. The van der Waals surface area contributed by atoms with Gasteiger partial charge in [-0.1, -0.05) is 6.07 Å². The zero-order valence-electron chi connectivity index (χ0n) is 18.2. The first-order valence-electron chi connectivity index (χ1n) is 11.2. The van der Waals surface area contributed by atoms with Crippen LogP contribution in [0.1, 0.15) is 47.3 Å². The van der Waals surface area contributed by atoms with E-state index in [1.54, 1.807) is 30.5 Å². The predicted octanol–water partition coefficient (Wildman–Crippen LogP) is 3.25. The SMILES string of the molecule is COC(=O)c1cccc(NC(=O)[C@H]2CCCN(c3nccn4nc5c(c34)CCCC5)C2)c1. The van der Waals surface area contributed by atoms with Crippen LogP contribution in [0.15, 0.2) is 36.7 Å². The van der Waals surface area contributed by atoms with Gasteiger partial charge in [-0.25, -0.2) is 14.3 Å². The maximum absolute atomic E-state index is 13.0. The second-order valence-corrected chi connectivity index (χ2v) is 8.52. The van der Waals surface area contributed by atoms with Gasteiger partial charge in [0.2, 0.25) is 5.91 Å². The third-order valence-corrected chi connectivity index (χ3v) is 6.44. The minimum absolute atomic E-state index is 0.0424. The Labute approximate surface area is 186 Å². The van der Waals surface area contributed by atoms with Gasteiger partial charge in [0, 0.05) is 36.7 Å². The minimum Gasteiger partial charge on any atom is -0.465 e. The van der Waals surface area contributed by atoms with Crippen LogP contribution in [-0.4, -0.2) is 46.7 Å². The summed E-state index contributed by atoms with van der Waals surface area (Å²) in [6.07, 6.45) is 9.86. The van der Waals surface area contributed by atoms with Gasteiger partial charge in [0.25, 0.3) is 0 Å². The van der Waals surface area contributed by atoms with Crippen molar-refractivity contribution < 1.29 is 14.3 Å². The molecule has 8 heteroatoms. The van der Waals surface area contributed by atoms with Crippen LogP contribution in [0.5, 0.6) is 0 Å². The number of hydrogen-bond donors (Lipinski definition) is 1. The van der Waals surface area contributed by atoms with E-state index in [0.717, 1.165) is 43.6 Å². The van der Waals surface area contributed by atoms with Gasteiger partial charge in [0.15, 0.2) is 5.82 Å². The first-order valence-corrected chi connectivity index (χ1v) is 11.2. The van der Waals surface area contributed by atoms with Gasteiger partial charge in [-0.3, -0.25) is 4.79 Å². The van der Waals surface area contributed by atoms with Crippen LogP contribution in [-0.2, 0) is 22.4 Å². The normalized spacial score (nSPS) is 18.3. The zero-order valence-corrected chi connectivity index (χ0v) is 18.2. The standard InChI is InChI=1S/C24H27N5O3/c1-32-24(31)16-6-4-8-18(14-16)26-23(30)17-7-5-12-28(15-17)22-21-19-9-2-3-10-20(19)27-29(21)13-11-25-22/h4,6,8,11,13-14,17H,2-3,5,7,9-10,12,15H2,1H3,(H,26,30)/t17-/m0/s1. The average Bonchev–Trinajstić information content (AvgIpc) is 3.22. The molecule has 0 spiro atoms. The summed E-state index contributed by atoms with van der Waals surface area (Å²) in [7, 11) is 1.34. The highest BCUT2D eigenvalue weighted by Gasteiger charge is 2.29. The summed E-state index contributed by atoms with van der Waals surface area (Å²) >= 11 is 0. The number of carbonyl (C=O) groups is 2. The van der Waals surface area contributed by atoms with Crippen molar-refractivity contribution in [3.8, 4) is 0 Å². The number of hydrogen-bond acceptors (Lipinski definition) is 6. The number of fused-ring (bicyclic) bond motifs is 3. The number of carbonyl (C=O) groups excluding carboxylic acids is 2. The van der Waals surface area contributed by atoms with Crippen LogP contribution in [0.2, 0.25) is 0 Å². The van der Waals surface area contributed by atoms with Crippen LogP contribution < -0.4 is 10.2 Å². The number of piperidine rings is 1. The second-order valence-electron chi connectivity index (χ2n) is 8.52. The predicted molar refractivity (Wildman–Crippen MR) is 121 cm³/mol. The lowest BCUT2D eigenvalue weighted by molar-refractivity contribution is -0.120. The topological polar surface area (TPSA) is 88.8 Å². The highest BCUT2D eigenvalue weighted by atomic mass is 16.5. The number of amides is 1. The lowest BCUT2D eigenvalue weighted by Gasteiger charge is -2.33. The van der Waals surface area contributed by atoms with Crippen molar-refractivity contribution in [2.45, 2.75) is 38.5 Å². The molecule has 1 fully saturated rings. The van der Waals surface area contributed by atoms with Gasteiger partial charge in [-0.05, 0) is 56.7 Å². The fraction of sp³-hybridized carbons (Fsp3) is 0.417. The van der Waals surface area contributed by atoms with Gasteiger partial charge in [-0.2, -0.15) is 5.10 Å². The molecule has 0 bridgehead atoms. The van der Waals surface area contributed by atoms with E-state index in [4.69, 9.17) is 14.8 Å². The Kier molecular flexibility index (Phi) is 5.51. The molecule has 0 unspecified atom stereocenters. The van der Waals surface area contributed by atoms with E-state index in [1.807, 2.05) is 10.7 Å². The maximum Gasteiger partial charge on any atom is 0.337 e. The van der Waals surface area contributed by atoms with Gasteiger partial charge < -0.3 is 15.0 Å². The number of anilines is 2. The summed E-state index contributed by atoms with van der Waals surface area (Å²) < 4.78 is 6.73. The number of nitrogens with zero attached hydrogens (tertiary/aromatic N) is 4. The van der Waals surface area contributed by atoms with Crippen molar-refractivity contribution in [3.63, 3.8) is 0 Å². The van der Waals surface area contributed by atoms with Crippen LogP contribution in [0.3, 0.4) is 0 Å². The second kappa shape index (κ2) is 8.61. The van der Waals surface area contributed by atoms with Gasteiger partial charge in [-0.15, -0.1) is 0 Å². The molecule has 1 aromatic carbocycles. The maximum atomic E-state index is 13.0. The molecule has 0 radical (unpaired) electrons. The number of nitrogens with one attached hydrogen (secondary N) is 1. The van der Waals surface area contributed by atoms with Crippen molar-refractivity contribution >= 4 is 28.9 Å². The molecule has 2 aromatic heterocycles. The monoisotopic (exact) mass is 433 g/mol. The Morgan fingerprint density at radius 1 is 1.19 bits per heavy atom. The lowest BCUT2D eigenvalue weighted by Crippen LogP contribution is -2.41.